The molecule has 0 aliphatic rings. The number of aromatic nitrogens is 2. The molecule has 0 fully saturated rings. The van der Waals surface area contributed by atoms with Crippen molar-refractivity contribution in [3.63, 3.8) is 0 Å². The minimum atomic E-state index is 0.830. The number of halogens is 1. The lowest BCUT2D eigenvalue weighted by molar-refractivity contribution is 1.22. The van der Waals surface area contributed by atoms with Crippen LogP contribution in [0.4, 0.5) is 11.5 Å². The van der Waals surface area contributed by atoms with Crippen molar-refractivity contribution in [2.45, 2.75) is 13.8 Å². The van der Waals surface area contributed by atoms with E-state index >= 15 is 0 Å². The van der Waals surface area contributed by atoms with E-state index in [0.29, 0.717) is 0 Å². The summed E-state index contributed by atoms with van der Waals surface area (Å²) >= 11 is 3.43. The molecule has 0 spiro atoms. The molecule has 0 bridgehead atoms. The van der Waals surface area contributed by atoms with Gasteiger partial charge in [0.15, 0.2) is 0 Å². The van der Waals surface area contributed by atoms with Gasteiger partial charge in [0.25, 0.3) is 0 Å². The van der Waals surface area contributed by atoms with Crippen molar-refractivity contribution < 1.29 is 0 Å². The van der Waals surface area contributed by atoms with Crippen molar-refractivity contribution in [1.29, 1.82) is 0 Å². The first-order valence-electron chi connectivity index (χ1n) is 4.96. The molecule has 2 heterocycles. The fourth-order valence-corrected chi connectivity index (χ4v) is 1.56. The van der Waals surface area contributed by atoms with Gasteiger partial charge in [-0.15, -0.1) is 0 Å². The van der Waals surface area contributed by atoms with Crippen LogP contribution in [0.1, 0.15) is 11.1 Å². The quantitative estimate of drug-likeness (QED) is 0.912. The maximum Gasteiger partial charge on any atom is 0.130 e. The molecule has 1 N–H and O–H groups in total. The molecule has 82 valence electrons. The van der Waals surface area contributed by atoms with Crippen molar-refractivity contribution in [1.82, 2.24) is 9.97 Å². The molecule has 2 aromatic heterocycles. The van der Waals surface area contributed by atoms with Gasteiger partial charge in [0.1, 0.15) is 5.82 Å². The van der Waals surface area contributed by atoms with Crippen LogP contribution >= 0.6 is 15.9 Å². The van der Waals surface area contributed by atoms with E-state index in [2.05, 4.69) is 31.2 Å². The number of hydrogen-bond acceptors (Lipinski definition) is 3. The molecule has 3 nitrogen and oxygen atoms in total. The summed E-state index contributed by atoms with van der Waals surface area (Å²) in [4.78, 5) is 8.37. The van der Waals surface area contributed by atoms with Crippen LogP contribution in [0.25, 0.3) is 0 Å². The third kappa shape index (κ3) is 2.39. The van der Waals surface area contributed by atoms with Crippen molar-refractivity contribution in [2.24, 2.45) is 0 Å². The van der Waals surface area contributed by atoms with Gasteiger partial charge in [-0.2, -0.15) is 0 Å². The van der Waals surface area contributed by atoms with Gasteiger partial charge in [-0.3, -0.25) is 4.98 Å². The van der Waals surface area contributed by atoms with Crippen LogP contribution in [0.2, 0.25) is 0 Å². The zero-order chi connectivity index (χ0) is 11.5. The maximum absolute atomic E-state index is 4.29. The Bertz CT molecular complexity index is 511. The van der Waals surface area contributed by atoms with E-state index < -0.39 is 0 Å². The predicted molar refractivity (Wildman–Crippen MR) is 68.9 cm³/mol. The van der Waals surface area contributed by atoms with Crippen LogP contribution in [-0.2, 0) is 0 Å². The summed E-state index contributed by atoms with van der Waals surface area (Å²) in [7, 11) is 0. The van der Waals surface area contributed by atoms with Crippen LogP contribution in [0.3, 0.4) is 0 Å². The first kappa shape index (κ1) is 11.1. The third-order valence-corrected chi connectivity index (χ3v) is 3.18. The number of rotatable bonds is 2. The third-order valence-electron chi connectivity index (χ3n) is 2.35. The van der Waals surface area contributed by atoms with Gasteiger partial charge in [-0.05, 0) is 53.0 Å². The Balaban J connectivity index is 2.28. The number of hydrogen-bond donors (Lipinski definition) is 1. The molecule has 0 amide bonds. The Hall–Kier alpha value is -1.42. The highest BCUT2D eigenvalue weighted by molar-refractivity contribution is 9.10. The van der Waals surface area contributed by atoms with Crippen LogP contribution in [0.5, 0.6) is 0 Å². The lowest BCUT2D eigenvalue weighted by atomic mass is 10.2. The second-order valence-corrected chi connectivity index (χ2v) is 4.49. The Morgan fingerprint density at radius 2 is 2.00 bits per heavy atom. The van der Waals surface area contributed by atoms with E-state index in [1.54, 1.807) is 18.6 Å². The molecule has 16 heavy (non-hydrogen) atoms. The fourth-order valence-electron chi connectivity index (χ4n) is 1.34. The molecule has 0 radical (unpaired) electrons. The second-order valence-electron chi connectivity index (χ2n) is 3.63. The molecular weight excluding hydrogens is 266 g/mol. The minimum absolute atomic E-state index is 0.830. The summed E-state index contributed by atoms with van der Waals surface area (Å²) in [5.41, 5.74) is 3.29. The van der Waals surface area contributed by atoms with Crippen molar-refractivity contribution in [2.75, 3.05) is 5.32 Å². The number of nitrogens with zero attached hydrogens (tertiary/aromatic N) is 2. The van der Waals surface area contributed by atoms with E-state index in [1.165, 1.54) is 0 Å². The van der Waals surface area contributed by atoms with Gasteiger partial charge in [0, 0.05) is 16.9 Å². The standard InChI is InChI=1S/C12H12BrN3/c1-8-3-4-14-7-11(8)16-12-5-9(2)10(13)6-15-12/h3-7H,1-2H3,(H,15,16). The summed E-state index contributed by atoms with van der Waals surface area (Å²) in [6.07, 6.45) is 5.37. The SMILES string of the molecule is Cc1cc(Nc2cnccc2C)ncc1Br. The van der Waals surface area contributed by atoms with Gasteiger partial charge in [0.2, 0.25) is 0 Å². The molecular formula is C12H12BrN3. The van der Waals surface area contributed by atoms with Crippen molar-refractivity contribution in [3.05, 3.63) is 46.3 Å². The lowest BCUT2D eigenvalue weighted by Gasteiger charge is -2.08. The Morgan fingerprint density at radius 1 is 1.19 bits per heavy atom. The van der Waals surface area contributed by atoms with E-state index in [4.69, 9.17) is 0 Å². The topological polar surface area (TPSA) is 37.8 Å². The average molecular weight is 278 g/mol. The zero-order valence-corrected chi connectivity index (χ0v) is 10.7. The number of aryl methyl sites for hydroxylation is 2. The molecule has 2 aromatic rings. The van der Waals surface area contributed by atoms with Gasteiger partial charge in [0.05, 0.1) is 11.9 Å². The highest BCUT2D eigenvalue weighted by Crippen LogP contribution is 2.21. The molecule has 0 aliphatic carbocycles. The van der Waals surface area contributed by atoms with Gasteiger partial charge < -0.3 is 5.32 Å². The van der Waals surface area contributed by atoms with Gasteiger partial charge >= 0.3 is 0 Å². The van der Waals surface area contributed by atoms with Crippen LogP contribution < -0.4 is 5.32 Å². The monoisotopic (exact) mass is 277 g/mol. The average Bonchev–Trinajstić information content (AvgIpc) is 2.27. The van der Waals surface area contributed by atoms with E-state index in [0.717, 1.165) is 27.1 Å². The molecule has 2 rings (SSSR count). The predicted octanol–water partition coefficient (Wildman–Crippen LogP) is 3.60. The summed E-state index contributed by atoms with van der Waals surface area (Å²) < 4.78 is 1.01. The molecule has 0 aliphatic heterocycles. The fraction of sp³-hybridized carbons (Fsp3) is 0.167. The normalized spacial score (nSPS) is 10.2. The molecule has 0 atom stereocenters. The van der Waals surface area contributed by atoms with Gasteiger partial charge in [-0.25, -0.2) is 4.98 Å². The van der Waals surface area contributed by atoms with Gasteiger partial charge in [-0.1, -0.05) is 0 Å². The Morgan fingerprint density at radius 3 is 2.69 bits per heavy atom. The first-order chi connectivity index (χ1) is 7.66. The molecule has 0 unspecified atom stereocenters. The molecule has 4 heteroatoms. The molecule has 0 saturated heterocycles. The maximum atomic E-state index is 4.29. The number of nitrogens with one attached hydrogen (secondary N) is 1. The zero-order valence-electron chi connectivity index (χ0n) is 9.16. The largest absolute Gasteiger partial charge is 0.339 e. The Kier molecular flexibility index (Phi) is 3.19. The van der Waals surface area contributed by atoms with E-state index in [-0.39, 0.29) is 0 Å². The highest BCUT2D eigenvalue weighted by atomic mass is 79.9. The van der Waals surface area contributed by atoms with E-state index in [9.17, 15) is 0 Å². The first-order valence-corrected chi connectivity index (χ1v) is 5.76. The van der Waals surface area contributed by atoms with Crippen LogP contribution in [0.15, 0.2) is 35.2 Å². The summed E-state index contributed by atoms with van der Waals surface area (Å²) in [6.45, 7) is 4.07. The van der Waals surface area contributed by atoms with Crippen LogP contribution in [-0.4, -0.2) is 9.97 Å². The highest BCUT2D eigenvalue weighted by Gasteiger charge is 2.01. The molecule has 0 aromatic carbocycles. The summed E-state index contributed by atoms with van der Waals surface area (Å²) in [6, 6.07) is 3.96. The summed E-state index contributed by atoms with van der Waals surface area (Å²) in [5, 5.41) is 3.25. The number of pyridine rings is 2. The smallest absolute Gasteiger partial charge is 0.130 e. The lowest BCUT2D eigenvalue weighted by Crippen LogP contribution is -1.96. The van der Waals surface area contributed by atoms with Crippen LogP contribution in [0, 0.1) is 13.8 Å². The summed E-state index contributed by atoms with van der Waals surface area (Å²) in [5.74, 6) is 0.830. The minimum Gasteiger partial charge on any atom is -0.339 e. The molecule has 0 saturated carbocycles. The van der Waals surface area contributed by atoms with Crippen molar-refractivity contribution in [3.8, 4) is 0 Å². The Labute approximate surface area is 103 Å². The van der Waals surface area contributed by atoms with Crippen molar-refractivity contribution >= 4 is 27.4 Å². The van der Waals surface area contributed by atoms with E-state index in [1.807, 2.05) is 26.0 Å². The second kappa shape index (κ2) is 4.61. The number of anilines is 2.